The molecule has 0 aliphatic carbocycles. The van der Waals surface area contributed by atoms with E-state index >= 15 is 0 Å². The molecule has 9 nitrogen and oxygen atoms in total. The maximum atomic E-state index is 13.5. The van der Waals surface area contributed by atoms with E-state index in [1.165, 1.54) is 26.2 Å². The van der Waals surface area contributed by atoms with Gasteiger partial charge in [-0.1, -0.05) is 35.9 Å². The van der Waals surface area contributed by atoms with Crippen LogP contribution in [0.3, 0.4) is 0 Å². The number of nitrogens with zero attached hydrogens (tertiary/aromatic N) is 2. The summed E-state index contributed by atoms with van der Waals surface area (Å²) in [6, 6.07) is 19.8. The van der Waals surface area contributed by atoms with E-state index in [1.54, 1.807) is 67.6 Å². The van der Waals surface area contributed by atoms with Crippen LogP contribution < -0.4 is 19.8 Å². The lowest BCUT2D eigenvalue weighted by molar-refractivity contribution is -0.119. The quantitative estimate of drug-likeness (QED) is 0.338. The number of amides is 2. The number of methoxy groups -OCH3 is 1. The van der Waals surface area contributed by atoms with Crippen LogP contribution in [0.25, 0.3) is 0 Å². The molecule has 0 aromatic heterocycles. The van der Waals surface area contributed by atoms with E-state index in [0.29, 0.717) is 17.1 Å². The van der Waals surface area contributed by atoms with Crippen LogP contribution in [0.4, 0.5) is 11.4 Å². The summed E-state index contributed by atoms with van der Waals surface area (Å²) in [7, 11) is -2.59. The predicted molar refractivity (Wildman–Crippen MR) is 140 cm³/mol. The van der Waals surface area contributed by atoms with Crippen molar-refractivity contribution in [1.82, 2.24) is 5.43 Å². The zero-order valence-corrected chi connectivity index (χ0v) is 21.3. The van der Waals surface area contributed by atoms with Gasteiger partial charge in [0.2, 0.25) is 5.91 Å². The van der Waals surface area contributed by atoms with Gasteiger partial charge in [0.1, 0.15) is 12.3 Å². The fourth-order valence-electron chi connectivity index (χ4n) is 3.29. The van der Waals surface area contributed by atoms with Gasteiger partial charge in [0.05, 0.1) is 23.4 Å². The van der Waals surface area contributed by atoms with E-state index in [-0.39, 0.29) is 16.5 Å². The Hall–Kier alpha value is -4.18. The smallest absolute Gasteiger partial charge is 0.264 e. The van der Waals surface area contributed by atoms with Crippen LogP contribution in [-0.2, 0) is 19.6 Å². The van der Waals surface area contributed by atoms with E-state index in [0.717, 1.165) is 15.4 Å². The number of anilines is 2. The summed E-state index contributed by atoms with van der Waals surface area (Å²) in [6.07, 6.45) is 0. The van der Waals surface area contributed by atoms with Crippen molar-refractivity contribution in [2.24, 2.45) is 5.10 Å². The van der Waals surface area contributed by atoms with Crippen LogP contribution in [0.5, 0.6) is 5.75 Å². The Bertz CT molecular complexity index is 1370. The molecule has 0 atom stereocenters. The van der Waals surface area contributed by atoms with Crippen molar-refractivity contribution in [3.63, 3.8) is 0 Å². The Balaban J connectivity index is 1.83. The fourth-order valence-corrected chi connectivity index (χ4v) is 4.71. The third-order valence-corrected chi connectivity index (χ3v) is 7.00. The van der Waals surface area contributed by atoms with Crippen molar-refractivity contribution in [3.05, 3.63) is 83.9 Å². The number of hydrazone groups is 1. The number of carbonyl (C=O) groups is 2. The number of sulfonamides is 1. The Morgan fingerprint density at radius 3 is 2.25 bits per heavy atom. The van der Waals surface area contributed by atoms with E-state index in [9.17, 15) is 18.0 Å². The first-order valence-corrected chi connectivity index (χ1v) is 12.5. The Morgan fingerprint density at radius 1 is 0.972 bits per heavy atom. The third kappa shape index (κ3) is 6.70. The molecule has 0 aliphatic rings. The van der Waals surface area contributed by atoms with Gasteiger partial charge in [-0.05, 0) is 55.8 Å². The second-order valence-electron chi connectivity index (χ2n) is 8.02. The van der Waals surface area contributed by atoms with Gasteiger partial charge < -0.3 is 10.1 Å². The SMILES string of the molecule is COc1cccc(N(CC(=O)N/N=C(\C)c2ccc(NC(C)=O)cc2)S(=O)(=O)c2ccc(C)cc2)c1. The molecule has 0 heterocycles. The molecule has 2 amide bonds. The number of ether oxygens (including phenoxy) is 1. The van der Waals surface area contributed by atoms with Crippen molar-refractivity contribution in [1.29, 1.82) is 0 Å². The largest absolute Gasteiger partial charge is 0.497 e. The first-order chi connectivity index (χ1) is 17.1. The molecular weight excluding hydrogens is 480 g/mol. The predicted octanol–water partition coefficient (Wildman–Crippen LogP) is 3.70. The fraction of sp³-hybridized carbons (Fsp3) is 0.192. The van der Waals surface area contributed by atoms with Crippen molar-refractivity contribution in [2.45, 2.75) is 25.7 Å². The topological polar surface area (TPSA) is 117 Å². The standard InChI is InChI=1S/C26H28N4O5S/c1-18-8-14-25(15-9-18)36(33,34)30(23-6-5-7-24(16-23)35-4)17-26(32)29-28-19(2)21-10-12-22(13-11-21)27-20(3)31/h5-16H,17H2,1-4H3,(H,27,31)(H,29,32)/b28-19+. The highest BCUT2D eigenvalue weighted by atomic mass is 32.2. The van der Waals surface area contributed by atoms with Gasteiger partial charge in [-0.2, -0.15) is 5.10 Å². The van der Waals surface area contributed by atoms with Gasteiger partial charge in [-0.25, -0.2) is 13.8 Å². The highest BCUT2D eigenvalue weighted by Gasteiger charge is 2.27. The molecule has 2 N–H and O–H groups in total. The monoisotopic (exact) mass is 508 g/mol. The highest BCUT2D eigenvalue weighted by molar-refractivity contribution is 7.92. The summed E-state index contributed by atoms with van der Waals surface area (Å²) in [5.41, 5.74) is 5.49. The number of benzene rings is 3. The van der Waals surface area contributed by atoms with Gasteiger partial charge in [0, 0.05) is 18.7 Å². The van der Waals surface area contributed by atoms with Crippen LogP contribution in [-0.4, -0.2) is 39.6 Å². The second-order valence-corrected chi connectivity index (χ2v) is 9.88. The van der Waals surface area contributed by atoms with Gasteiger partial charge in [0.15, 0.2) is 0 Å². The molecule has 0 radical (unpaired) electrons. The molecule has 0 aliphatic heterocycles. The molecule has 3 rings (SSSR count). The van der Waals surface area contributed by atoms with Gasteiger partial charge in [0.25, 0.3) is 15.9 Å². The number of rotatable bonds is 9. The summed E-state index contributed by atoms with van der Waals surface area (Å²) in [6.45, 7) is 4.49. The minimum atomic E-state index is -4.06. The van der Waals surface area contributed by atoms with Crippen molar-refractivity contribution >= 4 is 38.9 Å². The zero-order chi connectivity index (χ0) is 26.3. The molecule has 0 unspecified atom stereocenters. The summed E-state index contributed by atoms with van der Waals surface area (Å²) in [4.78, 5) is 24.1. The molecule has 188 valence electrons. The van der Waals surface area contributed by atoms with Crippen LogP contribution >= 0.6 is 0 Å². The normalized spacial score (nSPS) is 11.5. The summed E-state index contributed by atoms with van der Waals surface area (Å²) in [5.74, 6) is -0.349. The third-order valence-electron chi connectivity index (χ3n) is 5.21. The number of hydrogen-bond donors (Lipinski definition) is 2. The van der Waals surface area contributed by atoms with Crippen LogP contribution in [0.1, 0.15) is 25.0 Å². The molecule has 0 saturated carbocycles. The molecule has 36 heavy (non-hydrogen) atoms. The first-order valence-electron chi connectivity index (χ1n) is 11.0. The van der Waals surface area contributed by atoms with Gasteiger partial charge in [-0.15, -0.1) is 0 Å². The summed E-state index contributed by atoms with van der Waals surface area (Å²) >= 11 is 0. The van der Waals surface area contributed by atoms with Crippen LogP contribution in [0, 0.1) is 6.92 Å². The van der Waals surface area contributed by atoms with Gasteiger partial charge >= 0.3 is 0 Å². The molecule has 10 heteroatoms. The molecule has 3 aromatic rings. The molecular formula is C26H28N4O5S. The molecule has 3 aromatic carbocycles. The number of aryl methyl sites for hydroxylation is 1. The van der Waals surface area contributed by atoms with E-state index in [4.69, 9.17) is 4.74 Å². The second kappa shape index (κ2) is 11.5. The van der Waals surface area contributed by atoms with E-state index < -0.39 is 22.5 Å². The Kier molecular flexibility index (Phi) is 8.44. The zero-order valence-electron chi connectivity index (χ0n) is 20.5. The Morgan fingerprint density at radius 2 is 1.64 bits per heavy atom. The number of hydrogen-bond acceptors (Lipinski definition) is 6. The first kappa shape index (κ1) is 26.4. The molecule has 0 saturated heterocycles. The molecule has 0 spiro atoms. The summed E-state index contributed by atoms with van der Waals surface area (Å²) in [5, 5.41) is 6.79. The lowest BCUT2D eigenvalue weighted by atomic mass is 10.1. The maximum Gasteiger partial charge on any atom is 0.264 e. The van der Waals surface area contributed by atoms with Gasteiger partial charge in [-0.3, -0.25) is 13.9 Å². The number of nitrogens with one attached hydrogen (secondary N) is 2. The molecule has 0 fully saturated rings. The minimum Gasteiger partial charge on any atom is -0.497 e. The number of carbonyl (C=O) groups excluding carboxylic acids is 2. The van der Waals surface area contributed by atoms with Crippen LogP contribution in [0.15, 0.2) is 82.8 Å². The van der Waals surface area contributed by atoms with E-state index in [2.05, 4.69) is 15.8 Å². The average Bonchev–Trinajstić information content (AvgIpc) is 2.86. The molecule has 0 bridgehead atoms. The Labute approximate surface area is 210 Å². The van der Waals surface area contributed by atoms with Crippen LogP contribution in [0.2, 0.25) is 0 Å². The average molecular weight is 509 g/mol. The minimum absolute atomic E-state index is 0.0580. The summed E-state index contributed by atoms with van der Waals surface area (Å²) < 4.78 is 33.2. The highest BCUT2D eigenvalue weighted by Crippen LogP contribution is 2.27. The van der Waals surface area contributed by atoms with E-state index in [1.807, 2.05) is 6.92 Å². The lowest BCUT2D eigenvalue weighted by Crippen LogP contribution is -2.39. The van der Waals surface area contributed by atoms with Crippen molar-refractivity contribution in [2.75, 3.05) is 23.3 Å². The van der Waals surface area contributed by atoms with Crippen molar-refractivity contribution < 1.29 is 22.7 Å². The maximum absolute atomic E-state index is 13.5. The van der Waals surface area contributed by atoms with Crippen molar-refractivity contribution in [3.8, 4) is 5.75 Å². The lowest BCUT2D eigenvalue weighted by Gasteiger charge is -2.24.